The highest BCUT2D eigenvalue weighted by molar-refractivity contribution is 8.00. The van der Waals surface area contributed by atoms with E-state index in [1.165, 1.54) is 18.0 Å². The van der Waals surface area contributed by atoms with Gasteiger partial charge in [-0.2, -0.15) is 0 Å². The summed E-state index contributed by atoms with van der Waals surface area (Å²) in [5.41, 5.74) is 0. The number of furan rings is 1. The summed E-state index contributed by atoms with van der Waals surface area (Å²) in [5.74, 6) is 1.02. The normalized spacial score (nSPS) is 22.4. The maximum absolute atomic E-state index is 12.4. The largest absolute Gasteiger partial charge is 0.459 e. The average Bonchev–Trinajstić information content (AvgIpc) is 3.08. The first-order chi connectivity index (χ1) is 10.6. The van der Waals surface area contributed by atoms with Crippen molar-refractivity contribution in [1.82, 2.24) is 15.1 Å². The third-order valence-electron chi connectivity index (χ3n) is 3.76. The van der Waals surface area contributed by atoms with Gasteiger partial charge in [0.05, 0.1) is 12.0 Å². The van der Waals surface area contributed by atoms with E-state index in [1.54, 1.807) is 21.9 Å². The van der Waals surface area contributed by atoms with Crippen molar-refractivity contribution in [2.45, 2.75) is 6.04 Å². The minimum absolute atomic E-state index is 0.0642. The molecule has 1 aromatic rings. The van der Waals surface area contributed by atoms with Crippen LogP contribution >= 0.6 is 11.8 Å². The lowest BCUT2D eigenvalue weighted by Crippen LogP contribution is -2.57. The molecule has 3 rings (SSSR count). The van der Waals surface area contributed by atoms with E-state index in [-0.39, 0.29) is 17.7 Å². The van der Waals surface area contributed by atoms with E-state index < -0.39 is 6.04 Å². The van der Waals surface area contributed by atoms with Gasteiger partial charge >= 0.3 is 0 Å². The van der Waals surface area contributed by atoms with Gasteiger partial charge in [0.25, 0.3) is 5.91 Å². The molecule has 2 fully saturated rings. The summed E-state index contributed by atoms with van der Waals surface area (Å²) in [6.07, 6.45) is 1.47. The van der Waals surface area contributed by atoms with Gasteiger partial charge in [0.1, 0.15) is 6.04 Å². The molecule has 2 aliphatic heterocycles. The van der Waals surface area contributed by atoms with E-state index in [2.05, 4.69) is 5.32 Å². The first-order valence-corrected chi connectivity index (χ1v) is 8.29. The second kappa shape index (κ2) is 6.43. The molecule has 22 heavy (non-hydrogen) atoms. The fourth-order valence-corrected chi connectivity index (χ4v) is 3.43. The number of amides is 3. The van der Waals surface area contributed by atoms with Crippen molar-refractivity contribution in [1.29, 1.82) is 0 Å². The maximum Gasteiger partial charge on any atom is 0.289 e. The molecule has 8 heteroatoms. The monoisotopic (exact) mass is 323 g/mol. The number of nitrogens with zero attached hydrogens (tertiary/aromatic N) is 2. The lowest BCUT2D eigenvalue weighted by molar-refractivity contribution is -0.136. The Kier molecular flexibility index (Phi) is 4.37. The van der Waals surface area contributed by atoms with E-state index in [1.807, 2.05) is 0 Å². The number of hydrogen-bond donors (Lipinski definition) is 1. The van der Waals surface area contributed by atoms with Crippen LogP contribution in [0.3, 0.4) is 0 Å². The van der Waals surface area contributed by atoms with Gasteiger partial charge in [0, 0.05) is 31.9 Å². The summed E-state index contributed by atoms with van der Waals surface area (Å²) in [5, 5.41) is 2.72. The van der Waals surface area contributed by atoms with E-state index in [0.717, 1.165) is 0 Å². The van der Waals surface area contributed by atoms with Crippen LogP contribution in [-0.4, -0.2) is 71.2 Å². The number of hydrogen-bond acceptors (Lipinski definition) is 5. The van der Waals surface area contributed by atoms with E-state index >= 15 is 0 Å². The molecule has 0 bridgehead atoms. The highest BCUT2D eigenvalue weighted by atomic mass is 32.2. The second-order valence-corrected chi connectivity index (χ2v) is 6.26. The van der Waals surface area contributed by atoms with Gasteiger partial charge in [-0.3, -0.25) is 14.4 Å². The lowest BCUT2D eigenvalue weighted by atomic mass is 10.2. The van der Waals surface area contributed by atoms with E-state index in [9.17, 15) is 14.4 Å². The van der Waals surface area contributed by atoms with Crippen molar-refractivity contribution in [2.24, 2.45) is 0 Å². The third kappa shape index (κ3) is 3.11. The molecule has 1 N–H and O–H groups in total. The highest BCUT2D eigenvalue weighted by Crippen LogP contribution is 2.14. The minimum Gasteiger partial charge on any atom is -0.459 e. The Bertz CT molecular complexity index is 567. The Morgan fingerprint density at radius 2 is 1.95 bits per heavy atom. The van der Waals surface area contributed by atoms with Gasteiger partial charge in [-0.05, 0) is 12.1 Å². The molecule has 0 radical (unpaired) electrons. The van der Waals surface area contributed by atoms with Crippen LogP contribution in [0.1, 0.15) is 10.6 Å². The number of carbonyl (C=O) groups is 3. The summed E-state index contributed by atoms with van der Waals surface area (Å²) >= 11 is 1.47. The molecule has 1 unspecified atom stereocenters. The summed E-state index contributed by atoms with van der Waals surface area (Å²) in [6, 6.07) is 2.86. The zero-order chi connectivity index (χ0) is 15.5. The van der Waals surface area contributed by atoms with Gasteiger partial charge < -0.3 is 19.5 Å². The Morgan fingerprint density at radius 1 is 1.23 bits per heavy atom. The van der Waals surface area contributed by atoms with Crippen molar-refractivity contribution in [3.8, 4) is 0 Å². The Balaban J connectivity index is 1.54. The first-order valence-electron chi connectivity index (χ1n) is 7.14. The molecular formula is C14H17N3O4S. The van der Waals surface area contributed by atoms with Crippen molar-refractivity contribution in [3.63, 3.8) is 0 Å². The predicted molar refractivity (Wildman–Crippen MR) is 80.4 cm³/mol. The Morgan fingerprint density at radius 3 is 2.59 bits per heavy atom. The maximum atomic E-state index is 12.4. The van der Waals surface area contributed by atoms with Crippen molar-refractivity contribution in [2.75, 3.05) is 37.7 Å². The predicted octanol–water partition coefficient (Wildman–Crippen LogP) is -0.204. The van der Waals surface area contributed by atoms with Gasteiger partial charge in [-0.1, -0.05) is 0 Å². The lowest BCUT2D eigenvalue weighted by Gasteiger charge is -2.36. The minimum atomic E-state index is -0.446. The van der Waals surface area contributed by atoms with Crippen LogP contribution < -0.4 is 5.32 Å². The molecule has 3 amide bonds. The van der Waals surface area contributed by atoms with E-state index in [4.69, 9.17) is 4.42 Å². The van der Waals surface area contributed by atoms with Crippen molar-refractivity contribution in [3.05, 3.63) is 24.2 Å². The van der Waals surface area contributed by atoms with Crippen LogP contribution in [0.25, 0.3) is 0 Å². The van der Waals surface area contributed by atoms with E-state index in [0.29, 0.717) is 43.4 Å². The number of rotatable bonds is 2. The van der Waals surface area contributed by atoms with Crippen LogP contribution in [0.4, 0.5) is 0 Å². The average molecular weight is 323 g/mol. The van der Waals surface area contributed by atoms with Crippen LogP contribution in [-0.2, 0) is 9.59 Å². The number of thioether (sulfide) groups is 1. The number of piperazine rings is 1. The summed E-state index contributed by atoms with van der Waals surface area (Å²) in [6.45, 7) is 1.89. The molecule has 2 saturated heterocycles. The summed E-state index contributed by atoms with van der Waals surface area (Å²) in [7, 11) is 0. The van der Waals surface area contributed by atoms with Crippen molar-refractivity contribution < 1.29 is 18.8 Å². The standard InChI is InChI=1S/C14H17N3O4S/c18-12-9-22-8-10(15-12)13(19)16-3-5-17(6-4-16)14(20)11-2-1-7-21-11/h1-2,7,10H,3-6,8-9H2,(H,15,18). The number of nitrogens with one attached hydrogen (secondary N) is 1. The zero-order valence-corrected chi connectivity index (χ0v) is 12.8. The van der Waals surface area contributed by atoms with Crippen molar-refractivity contribution >= 4 is 29.5 Å². The fourth-order valence-electron chi connectivity index (χ4n) is 2.59. The van der Waals surface area contributed by atoms with Gasteiger partial charge in [0.2, 0.25) is 11.8 Å². The molecule has 7 nitrogen and oxygen atoms in total. The van der Waals surface area contributed by atoms with Crippen LogP contribution in [0, 0.1) is 0 Å². The van der Waals surface area contributed by atoms with Crippen LogP contribution in [0.15, 0.2) is 22.8 Å². The molecule has 118 valence electrons. The molecule has 3 heterocycles. The molecule has 0 saturated carbocycles. The smallest absolute Gasteiger partial charge is 0.289 e. The van der Waals surface area contributed by atoms with Crippen LogP contribution in [0.2, 0.25) is 0 Å². The highest BCUT2D eigenvalue weighted by Gasteiger charge is 2.32. The molecule has 2 aliphatic rings. The quantitative estimate of drug-likeness (QED) is 0.815. The molecular weight excluding hydrogens is 306 g/mol. The van der Waals surface area contributed by atoms with Gasteiger partial charge in [-0.15, -0.1) is 11.8 Å². The summed E-state index contributed by atoms with van der Waals surface area (Å²) in [4.78, 5) is 39.3. The first kappa shape index (κ1) is 15.0. The third-order valence-corrected chi connectivity index (χ3v) is 4.80. The second-order valence-electron chi connectivity index (χ2n) is 5.23. The van der Waals surface area contributed by atoms with Crippen LogP contribution in [0.5, 0.6) is 0 Å². The SMILES string of the molecule is O=C1CSCC(C(=O)N2CCN(C(=O)c3ccco3)CC2)N1. The molecule has 1 atom stereocenters. The topological polar surface area (TPSA) is 82.9 Å². The van der Waals surface area contributed by atoms with Gasteiger partial charge in [0.15, 0.2) is 5.76 Å². The molecule has 1 aromatic heterocycles. The molecule has 0 spiro atoms. The number of carbonyl (C=O) groups excluding carboxylic acids is 3. The fraction of sp³-hybridized carbons (Fsp3) is 0.500. The zero-order valence-electron chi connectivity index (χ0n) is 12.0. The Hall–Kier alpha value is -1.96. The molecule has 0 aromatic carbocycles. The van der Waals surface area contributed by atoms with Gasteiger partial charge in [-0.25, -0.2) is 0 Å². The molecule has 0 aliphatic carbocycles. The Labute approximate surface area is 132 Å². The summed E-state index contributed by atoms with van der Waals surface area (Å²) < 4.78 is 5.11.